The fraction of sp³-hybridized carbons (Fsp3) is 0.583. The number of nitrogens with one attached hydrogen (secondary N) is 1. The molecule has 1 aromatic heterocycles. The van der Waals surface area contributed by atoms with Gasteiger partial charge in [0.05, 0.1) is 31.6 Å². The fourth-order valence-electron chi connectivity index (χ4n) is 4.75. The van der Waals surface area contributed by atoms with Crippen LogP contribution in [-0.4, -0.2) is 78.3 Å². The minimum Gasteiger partial charge on any atom is -0.379 e. The van der Waals surface area contributed by atoms with Crippen molar-refractivity contribution in [2.24, 2.45) is 10.9 Å². The van der Waals surface area contributed by atoms with Crippen molar-refractivity contribution in [3.05, 3.63) is 54.1 Å². The maximum atomic E-state index is 5.60. The van der Waals surface area contributed by atoms with Crippen LogP contribution in [0.25, 0.3) is 0 Å². The van der Waals surface area contributed by atoms with Crippen LogP contribution in [0.2, 0.25) is 0 Å². The second kappa shape index (κ2) is 10.3. The van der Waals surface area contributed by atoms with Crippen molar-refractivity contribution in [1.82, 2.24) is 24.7 Å². The standard InChI is InChI=1S/C24H36N6O/c1-19-4-6-21(7-5-19)22(28-12-14-31-15-13-28)16-27-24(25-3)29-10-8-20(2)23(17-29)30-11-9-26-18-30/h4-7,9,11,18,20,22-23H,8,10,12-17H2,1-3H3,(H,25,27). The summed E-state index contributed by atoms with van der Waals surface area (Å²) < 4.78 is 7.85. The van der Waals surface area contributed by atoms with Gasteiger partial charge in [-0.2, -0.15) is 0 Å². The summed E-state index contributed by atoms with van der Waals surface area (Å²) in [6, 6.07) is 9.66. The molecule has 168 valence electrons. The van der Waals surface area contributed by atoms with Crippen molar-refractivity contribution in [3.63, 3.8) is 0 Å². The van der Waals surface area contributed by atoms with Crippen LogP contribution in [0.1, 0.15) is 36.6 Å². The number of aryl methyl sites for hydroxylation is 1. The van der Waals surface area contributed by atoms with E-state index in [9.17, 15) is 0 Å². The number of morpholine rings is 1. The third kappa shape index (κ3) is 5.28. The lowest BCUT2D eigenvalue weighted by atomic mass is 9.93. The minimum absolute atomic E-state index is 0.300. The zero-order chi connectivity index (χ0) is 21.6. The topological polar surface area (TPSA) is 57.9 Å². The highest BCUT2D eigenvalue weighted by Crippen LogP contribution is 2.28. The lowest BCUT2D eigenvalue weighted by Gasteiger charge is -2.40. The summed E-state index contributed by atoms with van der Waals surface area (Å²) >= 11 is 0. The molecule has 31 heavy (non-hydrogen) atoms. The lowest BCUT2D eigenvalue weighted by molar-refractivity contribution is 0.0168. The van der Waals surface area contributed by atoms with Crippen LogP contribution in [0, 0.1) is 12.8 Å². The van der Waals surface area contributed by atoms with Gasteiger partial charge in [0.25, 0.3) is 0 Å². The van der Waals surface area contributed by atoms with Crippen molar-refractivity contribution >= 4 is 5.96 Å². The van der Waals surface area contributed by atoms with Gasteiger partial charge in [0.15, 0.2) is 5.96 Å². The van der Waals surface area contributed by atoms with E-state index in [2.05, 4.69) is 74.0 Å². The van der Waals surface area contributed by atoms with Gasteiger partial charge in [-0.15, -0.1) is 0 Å². The second-order valence-electron chi connectivity index (χ2n) is 8.79. The first-order valence-electron chi connectivity index (χ1n) is 11.5. The zero-order valence-electron chi connectivity index (χ0n) is 19.1. The Labute approximate surface area is 186 Å². The molecule has 0 bridgehead atoms. The highest BCUT2D eigenvalue weighted by Gasteiger charge is 2.30. The molecule has 2 aliphatic heterocycles. The van der Waals surface area contributed by atoms with E-state index in [4.69, 9.17) is 4.74 Å². The predicted molar refractivity (Wildman–Crippen MR) is 124 cm³/mol. The van der Waals surface area contributed by atoms with Crippen LogP contribution < -0.4 is 5.32 Å². The van der Waals surface area contributed by atoms with E-state index in [1.54, 1.807) is 0 Å². The molecule has 2 saturated heterocycles. The number of hydrogen-bond donors (Lipinski definition) is 1. The van der Waals surface area contributed by atoms with Gasteiger partial charge in [-0.3, -0.25) is 9.89 Å². The quantitative estimate of drug-likeness (QED) is 0.591. The number of hydrogen-bond acceptors (Lipinski definition) is 4. The van der Waals surface area contributed by atoms with Gasteiger partial charge in [0, 0.05) is 52.2 Å². The van der Waals surface area contributed by atoms with Gasteiger partial charge in [-0.1, -0.05) is 36.8 Å². The monoisotopic (exact) mass is 424 g/mol. The molecule has 0 spiro atoms. The first-order chi connectivity index (χ1) is 15.2. The summed E-state index contributed by atoms with van der Waals surface area (Å²) in [6.45, 7) is 10.8. The Bertz CT molecular complexity index is 828. The summed E-state index contributed by atoms with van der Waals surface area (Å²) in [4.78, 5) is 13.8. The number of aromatic nitrogens is 2. The summed E-state index contributed by atoms with van der Waals surface area (Å²) in [5.74, 6) is 1.61. The third-order valence-electron chi connectivity index (χ3n) is 6.74. The average Bonchev–Trinajstić information content (AvgIpc) is 3.34. The molecule has 2 aromatic rings. The normalized spacial score (nSPS) is 24.2. The Kier molecular flexibility index (Phi) is 7.25. The van der Waals surface area contributed by atoms with Crippen molar-refractivity contribution in [3.8, 4) is 0 Å². The second-order valence-corrected chi connectivity index (χ2v) is 8.79. The molecule has 2 fully saturated rings. The minimum atomic E-state index is 0.300. The average molecular weight is 425 g/mol. The van der Waals surface area contributed by atoms with Crippen LogP contribution in [0.15, 0.2) is 48.0 Å². The van der Waals surface area contributed by atoms with Gasteiger partial charge in [-0.05, 0) is 24.8 Å². The zero-order valence-corrected chi connectivity index (χ0v) is 19.1. The van der Waals surface area contributed by atoms with Crippen LogP contribution in [-0.2, 0) is 4.74 Å². The predicted octanol–water partition coefficient (Wildman–Crippen LogP) is 2.72. The van der Waals surface area contributed by atoms with Gasteiger partial charge in [-0.25, -0.2) is 4.98 Å². The van der Waals surface area contributed by atoms with E-state index in [0.29, 0.717) is 18.0 Å². The van der Waals surface area contributed by atoms with Crippen LogP contribution in [0.3, 0.4) is 0 Å². The smallest absolute Gasteiger partial charge is 0.193 e. The van der Waals surface area contributed by atoms with E-state index >= 15 is 0 Å². The number of nitrogens with zero attached hydrogens (tertiary/aromatic N) is 5. The van der Waals surface area contributed by atoms with E-state index in [1.165, 1.54) is 11.1 Å². The molecule has 0 radical (unpaired) electrons. The summed E-state index contributed by atoms with van der Waals surface area (Å²) in [7, 11) is 1.89. The number of piperidine rings is 1. The number of rotatable bonds is 5. The molecule has 1 aromatic carbocycles. The number of aliphatic imine (C=N–C) groups is 1. The van der Waals surface area contributed by atoms with Gasteiger partial charge in [0.2, 0.25) is 0 Å². The first kappa shape index (κ1) is 21.8. The van der Waals surface area contributed by atoms with Crippen LogP contribution >= 0.6 is 0 Å². The molecular weight excluding hydrogens is 388 g/mol. The SMILES string of the molecule is CN=C(NCC(c1ccc(C)cc1)N1CCOCC1)N1CCC(C)C(n2ccnc2)C1. The molecule has 7 nitrogen and oxygen atoms in total. The van der Waals surface area contributed by atoms with Crippen molar-refractivity contribution in [1.29, 1.82) is 0 Å². The van der Waals surface area contributed by atoms with E-state index in [-0.39, 0.29) is 0 Å². The Morgan fingerprint density at radius 3 is 2.68 bits per heavy atom. The molecule has 3 unspecified atom stereocenters. The number of guanidine groups is 1. The Morgan fingerprint density at radius 2 is 2.00 bits per heavy atom. The summed E-state index contributed by atoms with van der Waals surface area (Å²) in [5, 5.41) is 3.70. The van der Waals surface area contributed by atoms with Gasteiger partial charge < -0.3 is 19.5 Å². The van der Waals surface area contributed by atoms with E-state index in [0.717, 1.165) is 58.3 Å². The molecule has 7 heteroatoms. The maximum absolute atomic E-state index is 5.60. The Balaban J connectivity index is 1.45. The van der Waals surface area contributed by atoms with Crippen molar-refractivity contribution in [2.75, 3.05) is 53.0 Å². The number of imidazole rings is 1. The van der Waals surface area contributed by atoms with E-state index in [1.807, 2.05) is 19.6 Å². The first-order valence-corrected chi connectivity index (χ1v) is 11.5. The summed E-state index contributed by atoms with van der Waals surface area (Å²) in [6.07, 6.45) is 7.03. The van der Waals surface area contributed by atoms with Crippen molar-refractivity contribution in [2.45, 2.75) is 32.4 Å². The highest BCUT2D eigenvalue weighted by molar-refractivity contribution is 5.80. The number of ether oxygens (including phenoxy) is 1. The molecule has 3 atom stereocenters. The van der Waals surface area contributed by atoms with Crippen LogP contribution in [0.5, 0.6) is 0 Å². The molecule has 4 rings (SSSR count). The van der Waals surface area contributed by atoms with E-state index < -0.39 is 0 Å². The summed E-state index contributed by atoms with van der Waals surface area (Å²) in [5.41, 5.74) is 2.64. The number of likely N-dealkylation sites (tertiary alicyclic amines) is 1. The Hall–Kier alpha value is -2.38. The molecule has 0 aliphatic carbocycles. The molecule has 0 amide bonds. The number of benzene rings is 1. The third-order valence-corrected chi connectivity index (χ3v) is 6.74. The van der Waals surface area contributed by atoms with Crippen LogP contribution in [0.4, 0.5) is 0 Å². The largest absolute Gasteiger partial charge is 0.379 e. The Morgan fingerprint density at radius 1 is 1.23 bits per heavy atom. The highest BCUT2D eigenvalue weighted by atomic mass is 16.5. The van der Waals surface area contributed by atoms with Crippen molar-refractivity contribution < 1.29 is 4.74 Å². The lowest BCUT2D eigenvalue weighted by Crippen LogP contribution is -2.51. The molecule has 3 heterocycles. The fourth-order valence-corrected chi connectivity index (χ4v) is 4.75. The molecular formula is C24H36N6O. The molecule has 2 aliphatic rings. The van der Waals surface area contributed by atoms with Gasteiger partial charge >= 0.3 is 0 Å². The molecule has 1 N–H and O–H groups in total. The van der Waals surface area contributed by atoms with Gasteiger partial charge in [0.1, 0.15) is 0 Å². The molecule has 0 saturated carbocycles. The maximum Gasteiger partial charge on any atom is 0.193 e.